The molecule has 1 aliphatic heterocycles. The van der Waals surface area contributed by atoms with E-state index in [0.29, 0.717) is 25.7 Å². The van der Waals surface area contributed by atoms with Crippen LogP contribution in [0.1, 0.15) is 59.3 Å². The van der Waals surface area contributed by atoms with Gasteiger partial charge in [0, 0.05) is 24.3 Å². The van der Waals surface area contributed by atoms with Crippen molar-refractivity contribution in [3.05, 3.63) is 93.5 Å². The summed E-state index contributed by atoms with van der Waals surface area (Å²) in [6, 6.07) is 7.60. The van der Waals surface area contributed by atoms with Crippen LogP contribution in [0.4, 0.5) is 27.6 Å². The molecule has 0 saturated heterocycles. The number of benzene rings is 2. The fraction of sp³-hybridized carbons (Fsp3) is 0.321. The van der Waals surface area contributed by atoms with E-state index in [0.717, 1.165) is 36.5 Å². The Labute approximate surface area is 230 Å². The fourth-order valence-electron chi connectivity index (χ4n) is 5.54. The van der Waals surface area contributed by atoms with Crippen LogP contribution in [0.15, 0.2) is 48.7 Å². The molecule has 0 spiro atoms. The normalized spacial score (nSPS) is 22.5. The number of halogens is 6. The Hall–Kier alpha value is -3.57. The molecule has 5 rings (SSSR count). The fourth-order valence-corrected chi connectivity index (χ4v) is 5.70. The minimum atomic E-state index is -2.96. The lowest BCUT2D eigenvalue weighted by molar-refractivity contribution is -0.132. The molecule has 1 aromatic heterocycles. The molecule has 0 radical (unpaired) electrons. The van der Waals surface area contributed by atoms with Crippen molar-refractivity contribution >= 4 is 29.1 Å². The van der Waals surface area contributed by atoms with Crippen LogP contribution < -0.4 is 10.2 Å². The van der Waals surface area contributed by atoms with E-state index in [1.165, 1.54) is 17.0 Å². The summed E-state index contributed by atoms with van der Waals surface area (Å²) in [5.41, 5.74) is -4.82. The summed E-state index contributed by atoms with van der Waals surface area (Å²) in [5.74, 6) is -5.54. The molecule has 2 heterocycles. The van der Waals surface area contributed by atoms with Gasteiger partial charge in [0.25, 0.3) is 18.2 Å². The van der Waals surface area contributed by atoms with E-state index in [2.05, 4.69) is 10.3 Å². The molecule has 2 N–H and O–H groups in total. The Kier molecular flexibility index (Phi) is 7.54. The third-order valence-corrected chi connectivity index (χ3v) is 7.71. The minimum Gasteiger partial charge on any atom is -0.371 e. The van der Waals surface area contributed by atoms with Crippen molar-refractivity contribution in [3.63, 3.8) is 0 Å². The van der Waals surface area contributed by atoms with E-state index in [1.807, 2.05) is 0 Å². The van der Waals surface area contributed by atoms with Crippen LogP contribution in [0, 0.1) is 23.4 Å². The molecule has 2 aromatic carbocycles. The van der Waals surface area contributed by atoms with Crippen LogP contribution in [0.3, 0.4) is 0 Å². The van der Waals surface area contributed by atoms with Crippen LogP contribution >= 0.6 is 11.6 Å². The van der Waals surface area contributed by atoms with Gasteiger partial charge in [0.15, 0.2) is 11.6 Å². The molecule has 2 aliphatic rings. The molecule has 210 valence electrons. The number of aliphatic hydroxyl groups is 1. The lowest BCUT2D eigenvalue weighted by Crippen LogP contribution is -2.45. The first kappa shape index (κ1) is 28.0. The van der Waals surface area contributed by atoms with E-state index < -0.39 is 58.1 Å². The topological polar surface area (TPSA) is 82.5 Å². The van der Waals surface area contributed by atoms with Crippen molar-refractivity contribution in [2.75, 3.05) is 11.4 Å². The molecule has 1 atom stereocenters. The van der Waals surface area contributed by atoms with Gasteiger partial charge in [0.1, 0.15) is 11.5 Å². The Morgan fingerprint density at radius 1 is 1.10 bits per heavy atom. The second-order valence-corrected chi connectivity index (χ2v) is 10.4. The van der Waals surface area contributed by atoms with Gasteiger partial charge < -0.3 is 15.3 Å². The minimum absolute atomic E-state index is 0.0448. The molecule has 0 bridgehead atoms. The van der Waals surface area contributed by atoms with Crippen LogP contribution in [0.2, 0.25) is 5.02 Å². The molecule has 2 amide bonds. The van der Waals surface area contributed by atoms with Gasteiger partial charge in [-0.3, -0.25) is 14.6 Å². The van der Waals surface area contributed by atoms with Crippen molar-refractivity contribution in [2.45, 2.75) is 43.8 Å². The molecule has 6 nitrogen and oxygen atoms in total. The number of nitrogens with zero attached hydrogens (tertiary/aromatic N) is 2. The second kappa shape index (κ2) is 10.8. The lowest BCUT2D eigenvalue weighted by Gasteiger charge is -2.32. The smallest absolute Gasteiger partial charge is 0.281 e. The van der Waals surface area contributed by atoms with E-state index in [1.54, 1.807) is 0 Å². The van der Waals surface area contributed by atoms with E-state index >= 15 is 0 Å². The van der Waals surface area contributed by atoms with Crippen LogP contribution in [-0.2, 0) is 10.4 Å². The standard InChI is InChI=1S/C28H23ClF5N3O3/c29-15-11-17(24(25(33)34)35-12-15)26(38)36-16-9-7-14(8-10-16)13-37-21-6-2-4-19(30)22(21)28(40,27(37)39)18-3-1-5-20(31)23(18)32/h1-6,11-12,14,16,25,40H,7-10,13H2,(H,36,38). The average molecular weight is 580 g/mol. The first-order chi connectivity index (χ1) is 19.0. The Balaban J connectivity index is 1.31. The Bertz CT molecular complexity index is 1480. The van der Waals surface area contributed by atoms with Crippen molar-refractivity contribution in [1.29, 1.82) is 0 Å². The maximum absolute atomic E-state index is 15.0. The quantitative estimate of drug-likeness (QED) is 0.369. The average Bonchev–Trinajstić information content (AvgIpc) is 3.14. The first-order valence-corrected chi connectivity index (χ1v) is 12.9. The Morgan fingerprint density at radius 3 is 2.48 bits per heavy atom. The summed E-state index contributed by atoms with van der Waals surface area (Å²) in [6.45, 7) is 0.0585. The number of carbonyl (C=O) groups excluding carboxylic acids is 2. The van der Waals surface area contributed by atoms with Gasteiger partial charge in [-0.1, -0.05) is 29.8 Å². The molecule has 12 heteroatoms. The summed E-state index contributed by atoms with van der Waals surface area (Å²) in [4.78, 5) is 31.0. The van der Waals surface area contributed by atoms with Gasteiger partial charge in [-0.25, -0.2) is 22.0 Å². The monoisotopic (exact) mass is 579 g/mol. The third kappa shape index (κ3) is 4.81. The van der Waals surface area contributed by atoms with Crippen LogP contribution in [-0.4, -0.2) is 34.5 Å². The lowest BCUT2D eigenvalue weighted by atomic mass is 9.85. The first-order valence-electron chi connectivity index (χ1n) is 12.5. The highest BCUT2D eigenvalue weighted by atomic mass is 35.5. The summed E-state index contributed by atoms with van der Waals surface area (Å²) < 4.78 is 70.4. The molecule has 1 unspecified atom stereocenters. The van der Waals surface area contributed by atoms with E-state index in [-0.39, 0.29) is 34.8 Å². The highest BCUT2D eigenvalue weighted by Gasteiger charge is 2.54. The zero-order valence-corrected chi connectivity index (χ0v) is 21.6. The Morgan fingerprint density at radius 2 is 1.77 bits per heavy atom. The van der Waals surface area contributed by atoms with E-state index in [9.17, 15) is 36.6 Å². The number of carbonyl (C=O) groups is 2. The number of fused-ring (bicyclic) bond motifs is 1. The van der Waals surface area contributed by atoms with Gasteiger partial charge in [-0.05, 0) is 55.9 Å². The zero-order valence-electron chi connectivity index (χ0n) is 20.8. The highest BCUT2D eigenvalue weighted by molar-refractivity contribution is 6.30. The number of rotatable bonds is 6. The third-order valence-electron chi connectivity index (χ3n) is 7.50. The number of hydrogen-bond donors (Lipinski definition) is 2. The molecule has 1 aliphatic carbocycles. The van der Waals surface area contributed by atoms with Gasteiger partial charge in [0.05, 0.1) is 21.8 Å². The van der Waals surface area contributed by atoms with Gasteiger partial charge in [-0.2, -0.15) is 0 Å². The predicted octanol–water partition coefficient (Wildman–Crippen LogP) is 5.66. The molecule has 1 fully saturated rings. The molecule has 3 aromatic rings. The van der Waals surface area contributed by atoms with Crippen molar-refractivity contribution in [3.8, 4) is 0 Å². The number of alkyl halides is 2. The maximum atomic E-state index is 15.0. The zero-order chi connectivity index (χ0) is 28.8. The van der Waals surface area contributed by atoms with Gasteiger partial charge in [0.2, 0.25) is 5.60 Å². The maximum Gasteiger partial charge on any atom is 0.281 e. The number of nitrogens with one attached hydrogen (secondary N) is 1. The number of pyridine rings is 1. The SMILES string of the molecule is O=C(NC1CCC(CN2C(=O)C(O)(c3cccc(F)c3F)c3c(F)cccc32)CC1)c1cc(Cl)cnc1C(F)F. The van der Waals surface area contributed by atoms with E-state index in [4.69, 9.17) is 11.6 Å². The predicted molar refractivity (Wildman–Crippen MR) is 136 cm³/mol. The largest absolute Gasteiger partial charge is 0.371 e. The summed E-state index contributed by atoms with van der Waals surface area (Å²) in [6.07, 6.45) is -0.00871. The number of aromatic nitrogens is 1. The van der Waals surface area contributed by atoms with Gasteiger partial charge in [-0.15, -0.1) is 0 Å². The number of hydrogen-bond acceptors (Lipinski definition) is 4. The highest BCUT2D eigenvalue weighted by Crippen LogP contribution is 2.47. The van der Waals surface area contributed by atoms with Crippen molar-refractivity contribution < 1.29 is 36.6 Å². The second-order valence-electron chi connectivity index (χ2n) is 9.94. The van der Waals surface area contributed by atoms with Crippen LogP contribution in [0.5, 0.6) is 0 Å². The van der Waals surface area contributed by atoms with Gasteiger partial charge >= 0.3 is 0 Å². The number of anilines is 1. The summed E-state index contributed by atoms with van der Waals surface area (Å²) >= 11 is 5.84. The summed E-state index contributed by atoms with van der Waals surface area (Å²) in [5, 5.41) is 14.2. The molecular formula is C28H23ClF5N3O3. The summed E-state index contributed by atoms with van der Waals surface area (Å²) in [7, 11) is 0. The molecule has 1 saturated carbocycles. The van der Waals surface area contributed by atoms with Crippen LogP contribution in [0.25, 0.3) is 0 Å². The molecule has 40 heavy (non-hydrogen) atoms. The number of amides is 2. The molecular weight excluding hydrogens is 557 g/mol. The van der Waals surface area contributed by atoms with Crippen molar-refractivity contribution in [2.24, 2.45) is 5.92 Å². The van der Waals surface area contributed by atoms with Crippen molar-refractivity contribution in [1.82, 2.24) is 10.3 Å².